The van der Waals surface area contributed by atoms with E-state index in [0.717, 1.165) is 17.4 Å². The zero-order valence-electron chi connectivity index (χ0n) is 11.6. The van der Waals surface area contributed by atoms with Crippen LogP contribution in [0.5, 0.6) is 0 Å². The van der Waals surface area contributed by atoms with Crippen molar-refractivity contribution in [1.29, 1.82) is 0 Å². The van der Waals surface area contributed by atoms with Gasteiger partial charge in [-0.15, -0.1) is 0 Å². The second-order valence-electron chi connectivity index (χ2n) is 5.76. The molecule has 2 atom stereocenters. The molecule has 1 saturated carbocycles. The van der Waals surface area contributed by atoms with Crippen LogP contribution in [0.2, 0.25) is 0 Å². The van der Waals surface area contributed by atoms with Gasteiger partial charge < -0.3 is 11.1 Å². The van der Waals surface area contributed by atoms with E-state index in [0.29, 0.717) is 23.2 Å². The summed E-state index contributed by atoms with van der Waals surface area (Å²) < 4.78 is 0. The minimum Gasteiger partial charge on any atom is -0.399 e. The predicted octanol–water partition coefficient (Wildman–Crippen LogP) is 2.31. The zero-order chi connectivity index (χ0) is 14.1. The molecular formula is C15H20N4O. The fourth-order valence-electron chi connectivity index (χ4n) is 3.04. The third-order valence-electron chi connectivity index (χ3n) is 4.37. The molecule has 1 amide bonds. The summed E-state index contributed by atoms with van der Waals surface area (Å²) in [6.07, 6.45) is 3.74. The molecule has 3 rings (SSSR count). The maximum Gasteiger partial charge on any atom is 0.272 e. The number of amides is 1. The van der Waals surface area contributed by atoms with Crippen molar-refractivity contribution in [2.75, 3.05) is 12.3 Å². The van der Waals surface area contributed by atoms with Crippen LogP contribution < -0.4 is 11.1 Å². The Morgan fingerprint density at radius 3 is 3.10 bits per heavy atom. The van der Waals surface area contributed by atoms with E-state index in [-0.39, 0.29) is 5.91 Å². The summed E-state index contributed by atoms with van der Waals surface area (Å²) in [5, 5.41) is 10.8. The lowest BCUT2D eigenvalue weighted by Gasteiger charge is -2.15. The smallest absolute Gasteiger partial charge is 0.272 e. The molecule has 1 heterocycles. The van der Waals surface area contributed by atoms with E-state index in [9.17, 15) is 4.79 Å². The van der Waals surface area contributed by atoms with Crippen molar-refractivity contribution in [2.24, 2.45) is 11.8 Å². The van der Waals surface area contributed by atoms with Crippen molar-refractivity contribution in [2.45, 2.75) is 26.2 Å². The molecule has 0 radical (unpaired) electrons. The molecule has 1 fully saturated rings. The number of carbonyl (C=O) groups excluding carboxylic acids is 1. The van der Waals surface area contributed by atoms with Crippen molar-refractivity contribution in [1.82, 2.24) is 15.5 Å². The number of aromatic amines is 1. The van der Waals surface area contributed by atoms with Crippen molar-refractivity contribution in [3.8, 4) is 0 Å². The van der Waals surface area contributed by atoms with E-state index in [2.05, 4.69) is 22.4 Å². The molecular weight excluding hydrogens is 252 g/mol. The molecule has 5 nitrogen and oxygen atoms in total. The summed E-state index contributed by atoms with van der Waals surface area (Å²) in [6.45, 7) is 2.99. The number of rotatable bonds is 3. The Hall–Kier alpha value is -2.04. The maximum absolute atomic E-state index is 12.3. The number of benzene rings is 1. The summed E-state index contributed by atoms with van der Waals surface area (Å²) in [4.78, 5) is 12.3. The van der Waals surface area contributed by atoms with Crippen LogP contribution in [0, 0.1) is 11.8 Å². The van der Waals surface area contributed by atoms with Crippen LogP contribution in [0.25, 0.3) is 10.9 Å². The van der Waals surface area contributed by atoms with Crippen LogP contribution in [0.1, 0.15) is 36.7 Å². The second kappa shape index (κ2) is 5.15. The number of nitrogens with two attached hydrogens (primary N) is 1. The fraction of sp³-hybridized carbons (Fsp3) is 0.467. The van der Waals surface area contributed by atoms with Gasteiger partial charge in [-0.3, -0.25) is 9.89 Å². The number of H-pyrrole nitrogens is 1. The summed E-state index contributed by atoms with van der Waals surface area (Å²) in [6, 6.07) is 5.42. The number of nitrogens with zero attached hydrogens (tertiary/aromatic N) is 1. The van der Waals surface area contributed by atoms with Gasteiger partial charge in [0.25, 0.3) is 5.91 Å². The van der Waals surface area contributed by atoms with Crippen LogP contribution in [0.3, 0.4) is 0 Å². The highest BCUT2D eigenvalue weighted by atomic mass is 16.1. The molecule has 106 valence electrons. The average molecular weight is 272 g/mol. The topological polar surface area (TPSA) is 83.8 Å². The van der Waals surface area contributed by atoms with Crippen molar-refractivity contribution in [3.05, 3.63) is 23.9 Å². The first-order chi connectivity index (χ1) is 9.65. The largest absolute Gasteiger partial charge is 0.399 e. The van der Waals surface area contributed by atoms with Gasteiger partial charge >= 0.3 is 0 Å². The van der Waals surface area contributed by atoms with Gasteiger partial charge in [0, 0.05) is 17.6 Å². The molecule has 5 heteroatoms. The van der Waals surface area contributed by atoms with Gasteiger partial charge in [0.15, 0.2) is 5.69 Å². The minimum absolute atomic E-state index is 0.124. The number of fused-ring (bicyclic) bond motifs is 1. The lowest BCUT2D eigenvalue weighted by atomic mass is 9.98. The lowest BCUT2D eigenvalue weighted by Crippen LogP contribution is -2.30. The maximum atomic E-state index is 12.3. The summed E-state index contributed by atoms with van der Waals surface area (Å²) in [5.74, 6) is 1.16. The molecule has 2 aromatic rings. The second-order valence-corrected chi connectivity index (χ2v) is 5.76. The van der Waals surface area contributed by atoms with E-state index in [1.165, 1.54) is 19.3 Å². The lowest BCUT2D eigenvalue weighted by molar-refractivity contribution is 0.0941. The highest BCUT2D eigenvalue weighted by Gasteiger charge is 2.24. The molecule has 1 aliphatic carbocycles. The highest BCUT2D eigenvalue weighted by Crippen LogP contribution is 2.30. The minimum atomic E-state index is -0.124. The Morgan fingerprint density at radius 2 is 2.35 bits per heavy atom. The molecule has 0 saturated heterocycles. The molecule has 20 heavy (non-hydrogen) atoms. The van der Waals surface area contributed by atoms with Crippen LogP contribution in [0.4, 0.5) is 5.69 Å². The van der Waals surface area contributed by atoms with Gasteiger partial charge in [-0.1, -0.05) is 19.8 Å². The molecule has 0 bridgehead atoms. The molecule has 0 spiro atoms. The first-order valence-electron chi connectivity index (χ1n) is 7.17. The SMILES string of the molecule is CC1CCCC1CNC(=O)c1n[nH]c2ccc(N)cc12. The van der Waals surface area contributed by atoms with E-state index in [4.69, 9.17) is 5.73 Å². The quantitative estimate of drug-likeness (QED) is 0.750. The van der Waals surface area contributed by atoms with Crippen LogP contribution >= 0.6 is 0 Å². The fourth-order valence-corrected chi connectivity index (χ4v) is 3.04. The van der Waals surface area contributed by atoms with Crippen molar-refractivity contribution in [3.63, 3.8) is 0 Å². The number of nitrogen functional groups attached to an aromatic ring is 1. The Morgan fingerprint density at radius 1 is 1.50 bits per heavy atom. The number of carbonyl (C=O) groups is 1. The van der Waals surface area contributed by atoms with Gasteiger partial charge in [0.2, 0.25) is 0 Å². The van der Waals surface area contributed by atoms with Crippen LogP contribution in [0.15, 0.2) is 18.2 Å². The van der Waals surface area contributed by atoms with Crippen LogP contribution in [-0.4, -0.2) is 22.6 Å². The summed E-state index contributed by atoms with van der Waals surface area (Å²) in [5.41, 5.74) is 7.67. The van der Waals surface area contributed by atoms with Gasteiger partial charge in [-0.2, -0.15) is 5.10 Å². The van der Waals surface area contributed by atoms with Crippen LogP contribution in [-0.2, 0) is 0 Å². The van der Waals surface area contributed by atoms with E-state index < -0.39 is 0 Å². The number of hydrogen-bond donors (Lipinski definition) is 3. The first-order valence-corrected chi connectivity index (χ1v) is 7.17. The average Bonchev–Trinajstić information content (AvgIpc) is 3.02. The molecule has 1 aromatic carbocycles. The van der Waals surface area contributed by atoms with Gasteiger partial charge in [-0.25, -0.2) is 0 Å². The zero-order valence-corrected chi connectivity index (χ0v) is 11.6. The molecule has 0 aliphatic heterocycles. The predicted molar refractivity (Wildman–Crippen MR) is 79.3 cm³/mol. The third-order valence-corrected chi connectivity index (χ3v) is 4.37. The van der Waals surface area contributed by atoms with E-state index in [1.54, 1.807) is 12.1 Å². The normalized spacial score (nSPS) is 22.2. The number of nitrogens with one attached hydrogen (secondary N) is 2. The van der Waals surface area contributed by atoms with E-state index >= 15 is 0 Å². The monoisotopic (exact) mass is 272 g/mol. The Balaban J connectivity index is 1.74. The van der Waals surface area contributed by atoms with Gasteiger partial charge in [-0.05, 0) is 36.5 Å². The van der Waals surface area contributed by atoms with Crippen molar-refractivity contribution < 1.29 is 4.79 Å². The van der Waals surface area contributed by atoms with Crippen molar-refractivity contribution >= 4 is 22.5 Å². The summed E-state index contributed by atoms with van der Waals surface area (Å²) >= 11 is 0. The van der Waals surface area contributed by atoms with E-state index in [1.807, 2.05) is 6.07 Å². The van der Waals surface area contributed by atoms with Gasteiger partial charge in [0.05, 0.1) is 5.52 Å². The molecule has 1 aliphatic rings. The Bertz CT molecular complexity index is 634. The first kappa shape index (κ1) is 13.0. The number of aromatic nitrogens is 2. The molecule has 1 aromatic heterocycles. The highest BCUT2D eigenvalue weighted by molar-refractivity contribution is 6.05. The molecule has 4 N–H and O–H groups in total. The van der Waals surface area contributed by atoms with Gasteiger partial charge in [0.1, 0.15) is 0 Å². The Labute approximate surface area is 117 Å². The number of hydrogen-bond acceptors (Lipinski definition) is 3. The Kier molecular flexibility index (Phi) is 3.34. The number of anilines is 1. The standard InChI is InChI=1S/C15H20N4O/c1-9-3-2-4-10(9)8-17-15(20)14-12-7-11(16)5-6-13(12)18-19-14/h5-7,9-10H,2-4,8,16H2,1H3,(H,17,20)(H,18,19). The molecule has 2 unspecified atom stereocenters. The summed E-state index contributed by atoms with van der Waals surface area (Å²) in [7, 11) is 0. The third kappa shape index (κ3) is 2.35.